The number of aromatic nitrogens is 2. The summed E-state index contributed by atoms with van der Waals surface area (Å²) in [5.74, 6) is 1.27. The predicted octanol–water partition coefficient (Wildman–Crippen LogP) is 5.40. The number of carbonyl (C=O) groups is 1. The highest BCUT2D eigenvalue weighted by Crippen LogP contribution is 2.33. The number of nitrogens with zero attached hydrogens (tertiary/aromatic N) is 2. The van der Waals surface area contributed by atoms with Crippen LogP contribution in [0.1, 0.15) is 17.8 Å². The summed E-state index contributed by atoms with van der Waals surface area (Å²) in [6.07, 6.45) is 1.97. The standard InChI is InChI=1S/C22H21N3O3S2/c1-27-17-11-10-14(12-18(17)28-2)16-13-29-22(24-16)25-20(26)8-5-9-21-23-15-6-3-4-7-19(15)30-21/h3-4,6-7,10-13H,5,8-9H2,1-2H3,(H,24,25,26). The molecule has 0 fully saturated rings. The molecule has 0 saturated heterocycles. The minimum atomic E-state index is -0.0377. The molecule has 0 aliphatic rings. The maximum Gasteiger partial charge on any atom is 0.226 e. The van der Waals surface area contributed by atoms with E-state index in [1.54, 1.807) is 25.6 Å². The van der Waals surface area contributed by atoms with Crippen molar-refractivity contribution in [1.82, 2.24) is 9.97 Å². The van der Waals surface area contributed by atoms with Gasteiger partial charge in [0.05, 0.1) is 35.1 Å². The van der Waals surface area contributed by atoms with Crippen LogP contribution in [0, 0.1) is 0 Å². The Bertz CT molecular complexity index is 1140. The van der Waals surface area contributed by atoms with E-state index in [9.17, 15) is 4.79 Å². The van der Waals surface area contributed by atoms with Crippen molar-refractivity contribution in [2.75, 3.05) is 19.5 Å². The van der Waals surface area contributed by atoms with E-state index in [0.29, 0.717) is 23.1 Å². The molecule has 0 radical (unpaired) electrons. The number of amides is 1. The summed E-state index contributed by atoms with van der Waals surface area (Å²) in [4.78, 5) is 21.4. The number of carbonyl (C=O) groups excluding carboxylic acids is 1. The molecule has 0 saturated carbocycles. The van der Waals surface area contributed by atoms with Crippen LogP contribution in [0.5, 0.6) is 11.5 Å². The van der Waals surface area contributed by atoms with Crippen molar-refractivity contribution in [3.05, 3.63) is 52.9 Å². The Labute approximate surface area is 182 Å². The Morgan fingerprint density at radius 2 is 1.90 bits per heavy atom. The van der Waals surface area contributed by atoms with Crippen molar-refractivity contribution in [2.24, 2.45) is 0 Å². The van der Waals surface area contributed by atoms with E-state index < -0.39 is 0 Å². The van der Waals surface area contributed by atoms with E-state index >= 15 is 0 Å². The summed E-state index contributed by atoms with van der Waals surface area (Å²) >= 11 is 3.09. The minimum Gasteiger partial charge on any atom is -0.493 e. The lowest BCUT2D eigenvalue weighted by molar-refractivity contribution is -0.116. The van der Waals surface area contributed by atoms with Gasteiger partial charge >= 0.3 is 0 Å². The van der Waals surface area contributed by atoms with E-state index in [1.165, 1.54) is 16.0 Å². The second-order valence-electron chi connectivity index (χ2n) is 6.58. The van der Waals surface area contributed by atoms with Crippen LogP contribution in [0.2, 0.25) is 0 Å². The van der Waals surface area contributed by atoms with Gasteiger partial charge in [-0.25, -0.2) is 9.97 Å². The van der Waals surface area contributed by atoms with Crippen LogP contribution >= 0.6 is 22.7 Å². The van der Waals surface area contributed by atoms with Crippen LogP contribution < -0.4 is 14.8 Å². The van der Waals surface area contributed by atoms with Gasteiger partial charge in [0.1, 0.15) is 0 Å². The van der Waals surface area contributed by atoms with Gasteiger partial charge in [-0.2, -0.15) is 0 Å². The number of benzene rings is 2. The van der Waals surface area contributed by atoms with Crippen molar-refractivity contribution in [1.29, 1.82) is 0 Å². The van der Waals surface area contributed by atoms with Crippen LogP contribution in [0.3, 0.4) is 0 Å². The maximum absolute atomic E-state index is 12.3. The van der Waals surface area contributed by atoms with Gasteiger partial charge in [0.15, 0.2) is 16.6 Å². The van der Waals surface area contributed by atoms with E-state index in [-0.39, 0.29) is 5.91 Å². The fraction of sp³-hybridized carbons (Fsp3) is 0.227. The second-order valence-corrected chi connectivity index (χ2v) is 8.56. The number of rotatable bonds is 8. The van der Waals surface area contributed by atoms with Crippen LogP contribution in [0.25, 0.3) is 21.5 Å². The maximum atomic E-state index is 12.3. The number of ether oxygens (including phenoxy) is 2. The molecule has 4 aromatic rings. The number of thiazole rings is 2. The molecule has 2 aromatic carbocycles. The number of hydrogen-bond acceptors (Lipinski definition) is 7. The fourth-order valence-electron chi connectivity index (χ4n) is 3.07. The first-order chi connectivity index (χ1) is 14.7. The number of fused-ring (bicyclic) bond motifs is 1. The Hall–Kier alpha value is -2.97. The first kappa shape index (κ1) is 20.3. The summed E-state index contributed by atoms with van der Waals surface area (Å²) in [6.45, 7) is 0. The summed E-state index contributed by atoms with van der Waals surface area (Å²) in [5.41, 5.74) is 2.71. The molecule has 0 spiro atoms. The zero-order valence-electron chi connectivity index (χ0n) is 16.7. The molecule has 1 N–H and O–H groups in total. The van der Waals surface area contributed by atoms with Gasteiger partial charge in [0.2, 0.25) is 5.91 Å². The van der Waals surface area contributed by atoms with Crippen molar-refractivity contribution in [3.8, 4) is 22.8 Å². The van der Waals surface area contributed by atoms with Gasteiger partial charge in [-0.05, 0) is 43.2 Å². The van der Waals surface area contributed by atoms with Crippen LogP contribution in [-0.4, -0.2) is 30.1 Å². The quantitative estimate of drug-likeness (QED) is 0.398. The number of nitrogens with one attached hydrogen (secondary N) is 1. The highest BCUT2D eigenvalue weighted by atomic mass is 32.1. The van der Waals surface area contributed by atoms with E-state index in [4.69, 9.17) is 9.47 Å². The van der Waals surface area contributed by atoms with Crippen LogP contribution in [-0.2, 0) is 11.2 Å². The van der Waals surface area contributed by atoms with Gasteiger partial charge in [0, 0.05) is 17.4 Å². The van der Waals surface area contributed by atoms with Crippen molar-refractivity contribution in [2.45, 2.75) is 19.3 Å². The minimum absolute atomic E-state index is 0.0377. The zero-order chi connectivity index (χ0) is 20.9. The molecule has 0 aliphatic carbocycles. The van der Waals surface area contributed by atoms with E-state index in [0.717, 1.165) is 34.6 Å². The lowest BCUT2D eigenvalue weighted by Gasteiger charge is -2.08. The van der Waals surface area contributed by atoms with Crippen LogP contribution in [0.4, 0.5) is 5.13 Å². The normalized spacial score (nSPS) is 10.9. The zero-order valence-corrected chi connectivity index (χ0v) is 18.3. The molecule has 0 aliphatic heterocycles. The van der Waals surface area contributed by atoms with Gasteiger partial charge in [-0.1, -0.05) is 12.1 Å². The van der Waals surface area contributed by atoms with Crippen LogP contribution in [0.15, 0.2) is 47.8 Å². The first-order valence-corrected chi connectivity index (χ1v) is 11.2. The molecule has 0 unspecified atom stereocenters. The van der Waals surface area contributed by atoms with E-state index in [1.807, 2.05) is 41.8 Å². The van der Waals surface area contributed by atoms with Gasteiger partial charge in [-0.3, -0.25) is 4.79 Å². The lowest BCUT2D eigenvalue weighted by Crippen LogP contribution is -2.11. The van der Waals surface area contributed by atoms with E-state index in [2.05, 4.69) is 21.4 Å². The highest BCUT2D eigenvalue weighted by Gasteiger charge is 2.11. The third-order valence-electron chi connectivity index (χ3n) is 4.56. The molecule has 0 atom stereocenters. The summed E-state index contributed by atoms with van der Waals surface area (Å²) < 4.78 is 11.8. The molecule has 0 bridgehead atoms. The average Bonchev–Trinajstić information content (AvgIpc) is 3.39. The molecule has 8 heteroatoms. The molecule has 4 rings (SSSR count). The number of methoxy groups -OCH3 is 2. The summed E-state index contributed by atoms with van der Waals surface area (Å²) in [7, 11) is 3.20. The first-order valence-electron chi connectivity index (χ1n) is 9.48. The molecular weight excluding hydrogens is 418 g/mol. The molecular formula is C22H21N3O3S2. The number of para-hydroxylation sites is 1. The molecule has 2 aromatic heterocycles. The summed E-state index contributed by atoms with van der Waals surface area (Å²) in [5, 5.41) is 6.46. The molecule has 154 valence electrons. The Kier molecular flexibility index (Phi) is 6.25. The van der Waals surface area contributed by atoms with Gasteiger partial charge < -0.3 is 14.8 Å². The molecule has 2 heterocycles. The molecule has 6 nitrogen and oxygen atoms in total. The largest absolute Gasteiger partial charge is 0.493 e. The third-order valence-corrected chi connectivity index (χ3v) is 6.42. The second kappa shape index (κ2) is 9.23. The monoisotopic (exact) mass is 439 g/mol. The van der Waals surface area contributed by atoms with Gasteiger partial charge in [-0.15, -0.1) is 22.7 Å². The third kappa shape index (κ3) is 4.60. The van der Waals surface area contributed by atoms with Crippen molar-refractivity contribution in [3.63, 3.8) is 0 Å². The molecule has 1 amide bonds. The number of anilines is 1. The highest BCUT2D eigenvalue weighted by molar-refractivity contribution is 7.18. The smallest absolute Gasteiger partial charge is 0.226 e. The lowest BCUT2D eigenvalue weighted by atomic mass is 10.1. The predicted molar refractivity (Wildman–Crippen MR) is 122 cm³/mol. The topological polar surface area (TPSA) is 73.3 Å². The Morgan fingerprint density at radius 1 is 1.07 bits per heavy atom. The van der Waals surface area contributed by atoms with Gasteiger partial charge in [0.25, 0.3) is 0 Å². The molecule has 30 heavy (non-hydrogen) atoms. The number of aryl methyl sites for hydroxylation is 1. The Balaban J connectivity index is 1.32. The SMILES string of the molecule is COc1ccc(-c2csc(NC(=O)CCCc3nc4ccccc4s3)n2)cc1OC. The van der Waals surface area contributed by atoms with Crippen molar-refractivity contribution >= 4 is 43.9 Å². The summed E-state index contributed by atoms with van der Waals surface area (Å²) in [6, 6.07) is 13.7. The Morgan fingerprint density at radius 3 is 2.70 bits per heavy atom. The number of hydrogen-bond donors (Lipinski definition) is 1. The fourth-order valence-corrected chi connectivity index (χ4v) is 4.81. The van der Waals surface area contributed by atoms with Crippen molar-refractivity contribution < 1.29 is 14.3 Å². The average molecular weight is 440 g/mol.